The first-order valence-electron chi connectivity index (χ1n) is 7.96. The summed E-state index contributed by atoms with van der Waals surface area (Å²) in [7, 11) is -3.22. The zero-order chi connectivity index (χ0) is 15.6. The van der Waals surface area contributed by atoms with Crippen LogP contribution in [0.1, 0.15) is 43.4 Å². The van der Waals surface area contributed by atoms with Crippen LogP contribution in [0.25, 0.3) is 0 Å². The highest BCUT2D eigenvalue weighted by Crippen LogP contribution is 2.24. The summed E-state index contributed by atoms with van der Waals surface area (Å²) < 4.78 is 28.1. The highest BCUT2D eigenvalue weighted by atomic mass is 35.5. The lowest BCUT2D eigenvalue weighted by molar-refractivity contribution is 0.223. The van der Waals surface area contributed by atoms with Gasteiger partial charge in [-0.1, -0.05) is 12.8 Å². The van der Waals surface area contributed by atoms with Crippen LogP contribution in [0.2, 0.25) is 0 Å². The number of nitrogens with zero attached hydrogens (tertiary/aromatic N) is 2. The molecular weight excluding hydrogens is 356 g/mol. The minimum atomic E-state index is -3.22. The van der Waals surface area contributed by atoms with Crippen molar-refractivity contribution in [3.8, 4) is 0 Å². The molecule has 2 fully saturated rings. The third kappa shape index (κ3) is 5.03. The lowest BCUT2D eigenvalue weighted by Gasteiger charge is -2.32. The Hall–Kier alpha value is -0.410. The monoisotopic (exact) mass is 380 g/mol. The SMILES string of the molecule is Cl.Nc1ncc(CN2CCCC(S(=O)(=O)NC3CCCC3)C2)s1. The number of likely N-dealkylation sites (tertiary alicyclic amines) is 1. The van der Waals surface area contributed by atoms with Gasteiger partial charge < -0.3 is 5.73 Å². The van der Waals surface area contributed by atoms with E-state index in [1.807, 2.05) is 0 Å². The Morgan fingerprint density at radius 2 is 2.04 bits per heavy atom. The van der Waals surface area contributed by atoms with Crippen molar-refractivity contribution in [3.05, 3.63) is 11.1 Å². The highest BCUT2D eigenvalue weighted by Gasteiger charge is 2.33. The Morgan fingerprint density at radius 3 is 2.70 bits per heavy atom. The number of hydrogen-bond donors (Lipinski definition) is 2. The molecule has 0 amide bonds. The van der Waals surface area contributed by atoms with Gasteiger partial charge in [0.2, 0.25) is 10.0 Å². The smallest absolute Gasteiger partial charge is 0.215 e. The fourth-order valence-corrected chi connectivity index (χ4v) is 5.90. The van der Waals surface area contributed by atoms with Crippen LogP contribution >= 0.6 is 23.7 Å². The van der Waals surface area contributed by atoms with Gasteiger partial charge in [0.1, 0.15) is 0 Å². The van der Waals surface area contributed by atoms with Crippen molar-refractivity contribution in [3.63, 3.8) is 0 Å². The van der Waals surface area contributed by atoms with Crippen molar-refractivity contribution in [2.24, 2.45) is 0 Å². The number of sulfonamides is 1. The summed E-state index contributed by atoms with van der Waals surface area (Å²) in [6.45, 7) is 2.28. The maximum atomic E-state index is 12.6. The third-order valence-electron chi connectivity index (χ3n) is 4.54. The van der Waals surface area contributed by atoms with Crippen molar-refractivity contribution < 1.29 is 8.42 Å². The topological polar surface area (TPSA) is 88.3 Å². The van der Waals surface area contributed by atoms with E-state index in [4.69, 9.17) is 5.73 Å². The van der Waals surface area contributed by atoms with Gasteiger partial charge in [0.25, 0.3) is 0 Å². The van der Waals surface area contributed by atoms with E-state index in [1.54, 1.807) is 6.20 Å². The molecule has 1 unspecified atom stereocenters. The van der Waals surface area contributed by atoms with Crippen molar-refractivity contribution >= 4 is 38.9 Å². The number of piperidine rings is 1. The molecule has 9 heteroatoms. The number of nitrogens with one attached hydrogen (secondary N) is 1. The van der Waals surface area contributed by atoms with Gasteiger partial charge >= 0.3 is 0 Å². The van der Waals surface area contributed by atoms with Gasteiger partial charge in [-0.3, -0.25) is 4.90 Å². The molecular formula is C14H25ClN4O2S2. The first kappa shape index (κ1) is 18.9. The minimum Gasteiger partial charge on any atom is -0.375 e. The summed E-state index contributed by atoms with van der Waals surface area (Å²) in [6.07, 6.45) is 7.70. The first-order chi connectivity index (χ1) is 10.5. The molecule has 3 rings (SSSR count). The van der Waals surface area contributed by atoms with Crippen LogP contribution in [-0.2, 0) is 16.6 Å². The van der Waals surface area contributed by atoms with E-state index in [-0.39, 0.29) is 23.7 Å². The van der Waals surface area contributed by atoms with Crippen LogP contribution in [0.4, 0.5) is 5.13 Å². The molecule has 1 saturated carbocycles. The molecule has 1 saturated heterocycles. The molecule has 0 radical (unpaired) electrons. The first-order valence-corrected chi connectivity index (χ1v) is 10.3. The van der Waals surface area contributed by atoms with Crippen LogP contribution in [0.3, 0.4) is 0 Å². The molecule has 3 N–H and O–H groups in total. The summed E-state index contributed by atoms with van der Waals surface area (Å²) in [5, 5.41) is 0.270. The second kappa shape index (κ2) is 8.11. The summed E-state index contributed by atoms with van der Waals surface area (Å²) in [5.74, 6) is 0. The molecule has 0 spiro atoms. The molecule has 1 aliphatic carbocycles. The van der Waals surface area contributed by atoms with Gasteiger partial charge in [0, 0.05) is 30.2 Å². The highest BCUT2D eigenvalue weighted by molar-refractivity contribution is 7.90. The minimum absolute atomic E-state index is 0. The van der Waals surface area contributed by atoms with E-state index in [0.29, 0.717) is 11.7 Å². The van der Waals surface area contributed by atoms with Crippen LogP contribution in [-0.4, -0.2) is 42.7 Å². The zero-order valence-corrected chi connectivity index (χ0v) is 15.6. The molecule has 0 aromatic carbocycles. The normalized spacial score (nSPS) is 23.7. The van der Waals surface area contributed by atoms with Crippen LogP contribution in [0.5, 0.6) is 0 Å². The summed E-state index contributed by atoms with van der Waals surface area (Å²) in [6, 6.07) is 0.154. The van der Waals surface area contributed by atoms with E-state index < -0.39 is 10.0 Å². The number of rotatable bonds is 5. The molecule has 23 heavy (non-hydrogen) atoms. The van der Waals surface area contributed by atoms with Crippen molar-refractivity contribution in [1.82, 2.24) is 14.6 Å². The lowest BCUT2D eigenvalue weighted by Crippen LogP contribution is -2.48. The van der Waals surface area contributed by atoms with E-state index in [1.165, 1.54) is 11.3 Å². The van der Waals surface area contributed by atoms with Crippen LogP contribution < -0.4 is 10.5 Å². The summed E-state index contributed by atoms with van der Waals surface area (Å²) in [5.41, 5.74) is 5.65. The summed E-state index contributed by atoms with van der Waals surface area (Å²) in [4.78, 5) is 7.36. The van der Waals surface area contributed by atoms with E-state index >= 15 is 0 Å². The maximum Gasteiger partial charge on any atom is 0.215 e. The number of aromatic nitrogens is 1. The van der Waals surface area contributed by atoms with Gasteiger partial charge in [-0.15, -0.1) is 23.7 Å². The van der Waals surface area contributed by atoms with Crippen LogP contribution in [0, 0.1) is 0 Å². The number of nitrogens with two attached hydrogens (primary N) is 1. The lowest BCUT2D eigenvalue weighted by atomic mass is 10.1. The number of halogens is 1. The molecule has 1 aromatic rings. The van der Waals surface area contributed by atoms with Gasteiger partial charge in [0.15, 0.2) is 5.13 Å². The number of hydrogen-bond acceptors (Lipinski definition) is 6. The Kier molecular flexibility index (Phi) is 6.67. The van der Waals surface area contributed by atoms with E-state index in [2.05, 4.69) is 14.6 Å². The largest absolute Gasteiger partial charge is 0.375 e. The maximum absolute atomic E-state index is 12.6. The van der Waals surface area contributed by atoms with Crippen molar-refractivity contribution in [2.45, 2.75) is 56.4 Å². The predicted molar refractivity (Wildman–Crippen MR) is 96.4 cm³/mol. The zero-order valence-electron chi connectivity index (χ0n) is 13.1. The molecule has 0 bridgehead atoms. The molecule has 1 atom stereocenters. The molecule has 132 valence electrons. The molecule has 6 nitrogen and oxygen atoms in total. The Labute approximate surface area is 148 Å². The molecule has 1 aromatic heterocycles. The van der Waals surface area contributed by atoms with Crippen molar-refractivity contribution in [1.29, 1.82) is 0 Å². The molecule has 1 aliphatic heterocycles. The average molecular weight is 381 g/mol. The van der Waals surface area contributed by atoms with Crippen molar-refractivity contribution in [2.75, 3.05) is 18.8 Å². The van der Waals surface area contributed by atoms with E-state index in [0.717, 1.165) is 56.5 Å². The number of nitrogen functional groups attached to an aromatic ring is 1. The molecule has 2 aliphatic rings. The Morgan fingerprint density at radius 1 is 1.30 bits per heavy atom. The quantitative estimate of drug-likeness (QED) is 0.815. The average Bonchev–Trinajstić information content (AvgIpc) is 3.11. The number of anilines is 1. The standard InChI is InChI=1S/C14H24N4O2S2.ClH/c15-14-16-8-12(21-14)9-18-7-3-6-13(10-18)22(19,20)17-11-4-1-2-5-11;/h8,11,13,17H,1-7,9-10H2,(H2,15,16);1H. The van der Waals surface area contributed by atoms with Crippen LogP contribution in [0.15, 0.2) is 6.20 Å². The van der Waals surface area contributed by atoms with Gasteiger partial charge in [-0.2, -0.15) is 0 Å². The fourth-order valence-electron chi connectivity index (χ4n) is 3.40. The predicted octanol–water partition coefficient (Wildman–Crippen LogP) is 1.97. The fraction of sp³-hybridized carbons (Fsp3) is 0.786. The van der Waals surface area contributed by atoms with Gasteiger partial charge in [-0.25, -0.2) is 18.1 Å². The van der Waals surface area contributed by atoms with Gasteiger partial charge in [0.05, 0.1) is 5.25 Å². The number of thiazole rings is 1. The Balaban J connectivity index is 0.00000192. The summed E-state index contributed by atoms with van der Waals surface area (Å²) >= 11 is 1.48. The Bertz CT molecular complexity index is 602. The third-order valence-corrected chi connectivity index (χ3v) is 7.27. The molecule has 2 heterocycles. The van der Waals surface area contributed by atoms with E-state index in [9.17, 15) is 8.42 Å². The second-order valence-electron chi connectivity index (χ2n) is 6.31. The van der Waals surface area contributed by atoms with Gasteiger partial charge in [-0.05, 0) is 32.2 Å². The second-order valence-corrected chi connectivity index (χ2v) is 9.45.